The van der Waals surface area contributed by atoms with E-state index >= 15 is 0 Å². The van der Waals surface area contributed by atoms with Gasteiger partial charge in [0.1, 0.15) is 5.82 Å². The molecule has 0 spiro atoms. The van der Waals surface area contributed by atoms with Gasteiger partial charge in [0.2, 0.25) is 5.91 Å². The van der Waals surface area contributed by atoms with E-state index in [1.54, 1.807) is 11.1 Å². The van der Waals surface area contributed by atoms with E-state index in [0.29, 0.717) is 25.3 Å². The Morgan fingerprint density at radius 1 is 1.53 bits per heavy atom. The first-order valence-corrected chi connectivity index (χ1v) is 7.06. The third kappa shape index (κ3) is 2.52. The average Bonchev–Trinajstić information content (AvgIpc) is 3.05. The number of β-amino-alcohol motifs (C(OH)–C–C–N with tert-alkyl or cyclic N) is 1. The second-order valence-electron chi connectivity index (χ2n) is 5.98. The maximum Gasteiger partial charge on any atom is 0.222 e. The fourth-order valence-corrected chi connectivity index (χ4v) is 2.82. The third-order valence-corrected chi connectivity index (χ3v) is 4.19. The number of imidazole rings is 1. The van der Waals surface area contributed by atoms with Gasteiger partial charge in [0.15, 0.2) is 5.60 Å². The van der Waals surface area contributed by atoms with E-state index in [-0.39, 0.29) is 5.91 Å². The fraction of sp³-hybridized carbons (Fsp3) is 0.714. The highest BCUT2D eigenvalue weighted by Crippen LogP contribution is 2.35. The molecule has 1 amide bonds. The summed E-state index contributed by atoms with van der Waals surface area (Å²) in [6, 6.07) is 0. The highest BCUT2D eigenvalue weighted by Gasteiger charge is 2.47. The summed E-state index contributed by atoms with van der Waals surface area (Å²) >= 11 is 0. The quantitative estimate of drug-likeness (QED) is 0.863. The van der Waals surface area contributed by atoms with Gasteiger partial charge >= 0.3 is 0 Å². The van der Waals surface area contributed by atoms with Gasteiger partial charge in [-0.25, -0.2) is 4.98 Å². The zero-order chi connectivity index (χ0) is 13.5. The SMILES string of the molecule is Cn1ccnc1C1(O)CN(C(=O)CCCC2CC2)C1. The van der Waals surface area contributed by atoms with Crippen molar-refractivity contribution in [3.8, 4) is 0 Å². The fourth-order valence-electron chi connectivity index (χ4n) is 2.82. The Morgan fingerprint density at radius 2 is 2.26 bits per heavy atom. The van der Waals surface area contributed by atoms with Gasteiger partial charge in [0, 0.05) is 25.9 Å². The lowest BCUT2D eigenvalue weighted by atomic mass is 9.92. The molecule has 2 heterocycles. The normalized spacial score (nSPS) is 21.3. The Kier molecular flexibility index (Phi) is 3.09. The highest BCUT2D eigenvalue weighted by atomic mass is 16.3. The smallest absolute Gasteiger partial charge is 0.222 e. The number of aliphatic hydroxyl groups is 1. The first-order chi connectivity index (χ1) is 9.08. The Morgan fingerprint density at radius 3 is 2.84 bits per heavy atom. The van der Waals surface area contributed by atoms with E-state index in [4.69, 9.17) is 0 Å². The third-order valence-electron chi connectivity index (χ3n) is 4.19. The van der Waals surface area contributed by atoms with E-state index in [9.17, 15) is 9.90 Å². The molecule has 19 heavy (non-hydrogen) atoms. The molecule has 1 aromatic heterocycles. The zero-order valence-electron chi connectivity index (χ0n) is 11.4. The molecule has 1 N–H and O–H groups in total. The molecular formula is C14H21N3O2. The zero-order valence-corrected chi connectivity index (χ0v) is 11.4. The van der Waals surface area contributed by atoms with Gasteiger partial charge in [0.25, 0.3) is 0 Å². The van der Waals surface area contributed by atoms with Crippen molar-refractivity contribution in [1.82, 2.24) is 14.5 Å². The van der Waals surface area contributed by atoms with Gasteiger partial charge < -0.3 is 14.6 Å². The number of aromatic nitrogens is 2. The standard InChI is InChI=1S/C14H21N3O2/c1-16-8-7-15-13(16)14(19)9-17(10-14)12(18)4-2-3-11-5-6-11/h7-8,11,19H,2-6,9-10H2,1H3. The van der Waals surface area contributed by atoms with Crippen LogP contribution in [-0.4, -0.2) is 38.6 Å². The largest absolute Gasteiger partial charge is 0.378 e. The molecule has 5 heteroatoms. The molecule has 2 aliphatic rings. The summed E-state index contributed by atoms with van der Waals surface area (Å²) in [5.74, 6) is 1.70. The number of amides is 1. The summed E-state index contributed by atoms with van der Waals surface area (Å²) < 4.78 is 1.81. The van der Waals surface area contributed by atoms with Gasteiger partial charge in [-0.2, -0.15) is 0 Å². The first kappa shape index (κ1) is 12.7. The lowest BCUT2D eigenvalue weighted by Crippen LogP contribution is -2.62. The number of rotatable bonds is 5. The number of hydrogen-bond acceptors (Lipinski definition) is 3. The van der Waals surface area contributed by atoms with Gasteiger partial charge in [-0.15, -0.1) is 0 Å². The van der Waals surface area contributed by atoms with Gasteiger partial charge in [-0.05, 0) is 18.8 Å². The predicted octanol–water partition coefficient (Wildman–Crippen LogP) is 1.03. The number of carbonyl (C=O) groups is 1. The average molecular weight is 263 g/mol. The number of hydrogen-bond donors (Lipinski definition) is 1. The molecule has 1 aliphatic heterocycles. The van der Waals surface area contributed by atoms with Crippen molar-refractivity contribution < 1.29 is 9.90 Å². The lowest BCUT2D eigenvalue weighted by Gasteiger charge is -2.45. The van der Waals surface area contributed by atoms with Crippen LogP contribution in [0.3, 0.4) is 0 Å². The van der Waals surface area contributed by atoms with Crippen LogP contribution >= 0.6 is 0 Å². The van der Waals surface area contributed by atoms with Crippen LogP contribution in [0.15, 0.2) is 12.4 Å². The molecule has 1 saturated heterocycles. The molecule has 3 rings (SSSR count). The summed E-state index contributed by atoms with van der Waals surface area (Å²) in [6.45, 7) is 0.750. The van der Waals surface area contributed by atoms with Crippen molar-refractivity contribution in [2.75, 3.05) is 13.1 Å². The first-order valence-electron chi connectivity index (χ1n) is 7.06. The van der Waals surface area contributed by atoms with Crippen LogP contribution in [0.2, 0.25) is 0 Å². The van der Waals surface area contributed by atoms with E-state index < -0.39 is 5.60 Å². The predicted molar refractivity (Wildman–Crippen MR) is 70.3 cm³/mol. The van der Waals surface area contributed by atoms with Crippen molar-refractivity contribution in [2.24, 2.45) is 13.0 Å². The van der Waals surface area contributed by atoms with Crippen molar-refractivity contribution >= 4 is 5.91 Å². The molecule has 104 valence electrons. The molecule has 1 aromatic rings. The maximum atomic E-state index is 12.0. The highest BCUT2D eigenvalue weighted by molar-refractivity contribution is 5.77. The molecule has 0 radical (unpaired) electrons. The minimum absolute atomic E-state index is 0.166. The van der Waals surface area contributed by atoms with Crippen LogP contribution in [0.5, 0.6) is 0 Å². The summed E-state index contributed by atoms with van der Waals surface area (Å²) in [7, 11) is 1.86. The van der Waals surface area contributed by atoms with E-state index in [1.165, 1.54) is 19.3 Å². The molecule has 0 aromatic carbocycles. The summed E-state index contributed by atoms with van der Waals surface area (Å²) in [4.78, 5) is 17.9. The minimum atomic E-state index is -0.954. The molecule has 1 aliphatic carbocycles. The number of likely N-dealkylation sites (tertiary alicyclic amines) is 1. The maximum absolute atomic E-state index is 12.0. The Hall–Kier alpha value is -1.36. The van der Waals surface area contributed by atoms with Gasteiger partial charge in [-0.1, -0.05) is 12.8 Å². The number of aryl methyl sites for hydroxylation is 1. The van der Waals surface area contributed by atoms with Crippen LogP contribution in [0.25, 0.3) is 0 Å². The molecule has 1 saturated carbocycles. The number of carbonyl (C=O) groups excluding carboxylic acids is 1. The van der Waals surface area contributed by atoms with Crippen LogP contribution in [-0.2, 0) is 17.4 Å². The molecular weight excluding hydrogens is 242 g/mol. The van der Waals surface area contributed by atoms with E-state index in [1.807, 2.05) is 17.8 Å². The van der Waals surface area contributed by atoms with E-state index in [2.05, 4.69) is 4.98 Å². The lowest BCUT2D eigenvalue weighted by molar-refractivity contribution is -0.159. The molecule has 0 atom stereocenters. The van der Waals surface area contributed by atoms with Gasteiger partial charge in [0.05, 0.1) is 13.1 Å². The van der Waals surface area contributed by atoms with Crippen molar-refractivity contribution in [2.45, 2.75) is 37.7 Å². The van der Waals surface area contributed by atoms with Crippen molar-refractivity contribution in [3.63, 3.8) is 0 Å². The second-order valence-corrected chi connectivity index (χ2v) is 5.98. The molecule has 2 fully saturated rings. The van der Waals surface area contributed by atoms with Crippen molar-refractivity contribution in [3.05, 3.63) is 18.2 Å². The number of nitrogens with zero attached hydrogens (tertiary/aromatic N) is 3. The summed E-state index contributed by atoms with van der Waals surface area (Å²) in [5.41, 5.74) is -0.954. The Bertz CT molecular complexity index is 473. The topological polar surface area (TPSA) is 58.4 Å². The Balaban J connectivity index is 1.48. The van der Waals surface area contributed by atoms with Crippen LogP contribution < -0.4 is 0 Å². The van der Waals surface area contributed by atoms with Crippen molar-refractivity contribution in [1.29, 1.82) is 0 Å². The molecule has 0 unspecified atom stereocenters. The van der Waals surface area contributed by atoms with E-state index in [0.717, 1.165) is 12.3 Å². The molecule has 5 nitrogen and oxygen atoms in total. The second kappa shape index (κ2) is 4.63. The monoisotopic (exact) mass is 263 g/mol. The summed E-state index contributed by atoms with van der Waals surface area (Å²) in [5, 5.41) is 10.4. The Labute approximate surface area is 113 Å². The minimum Gasteiger partial charge on any atom is -0.378 e. The van der Waals surface area contributed by atoms with Gasteiger partial charge in [-0.3, -0.25) is 4.79 Å². The molecule has 0 bridgehead atoms. The summed E-state index contributed by atoms with van der Waals surface area (Å²) in [6.07, 6.45) is 8.96. The van der Waals surface area contributed by atoms with Crippen LogP contribution in [0, 0.1) is 5.92 Å². The van der Waals surface area contributed by atoms with Crippen LogP contribution in [0.1, 0.15) is 37.9 Å². The van der Waals surface area contributed by atoms with Crippen LogP contribution in [0.4, 0.5) is 0 Å².